The van der Waals surface area contributed by atoms with Gasteiger partial charge in [0.2, 0.25) is 0 Å². The number of rotatable bonds is 5. The van der Waals surface area contributed by atoms with Crippen LogP contribution >= 0.6 is 0 Å². The summed E-state index contributed by atoms with van der Waals surface area (Å²) >= 11 is 0. The SMILES string of the molecule is CCC1(Cc2ccccc2)NC(=O)C(=Cc2ccccc2[N+](=O)[O-])N(C)C1=O. The van der Waals surface area contributed by atoms with Gasteiger partial charge in [-0.15, -0.1) is 0 Å². The first-order chi connectivity index (χ1) is 13.4. The third-order valence-corrected chi connectivity index (χ3v) is 5.04. The molecule has 0 saturated carbocycles. The van der Waals surface area contributed by atoms with E-state index in [4.69, 9.17) is 0 Å². The minimum atomic E-state index is -1.05. The molecular formula is C21H21N3O4. The zero-order valence-electron chi connectivity index (χ0n) is 15.7. The molecule has 2 aromatic rings. The van der Waals surface area contributed by atoms with Crippen LogP contribution in [0.1, 0.15) is 24.5 Å². The Hall–Kier alpha value is -3.48. The zero-order chi connectivity index (χ0) is 20.3. The number of likely N-dealkylation sites (N-methyl/N-ethyl adjacent to an activating group) is 1. The lowest BCUT2D eigenvalue weighted by Gasteiger charge is -2.41. The van der Waals surface area contributed by atoms with Gasteiger partial charge in [0.1, 0.15) is 11.2 Å². The van der Waals surface area contributed by atoms with Gasteiger partial charge in [-0.05, 0) is 24.1 Å². The Kier molecular flexibility index (Phi) is 5.26. The minimum Gasteiger partial charge on any atom is -0.336 e. The molecule has 0 spiro atoms. The fourth-order valence-electron chi connectivity index (χ4n) is 3.43. The summed E-state index contributed by atoms with van der Waals surface area (Å²) in [5, 5.41) is 14.1. The molecule has 7 nitrogen and oxygen atoms in total. The minimum absolute atomic E-state index is 0.0800. The van der Waals surface area contributed by atoms with Gasteiger partial charge in [-0.3, -0.25) is 19.7 Å². The van der Waals surface area contributed by atoms with Gasteiger partial charge in [0.15, 0.2) is 0 Å². The Morgan fingerprint density at radius 2 is 1.75 bits per heavy atom. The van der Waals surface area contributed by atoms with Crippen molar-refractivity contribution in [2.45, 2.75) is 25.3 Å². The monoisotopic (exact) mass is 379 g/mol. The molecule has 1 aliphatic rings. The first-order valence-corrected chi connectivity index (χ1v) is 8.97. The summed E-state index contributed by atoms with van der Waals surface area (Å²) in [7, 11) is 1.52. The van der Waals surface area contributed by atoms with Crippen LogP contribution in [0.25, 0.3) is 6.08 Å². The second-order valence-electron chi connectivity index (χ2n) is 6.76. The number of nitrogens with zero attached hydrogens (tertiary/aromatic N) is 2. The maximum absolute atomic E-state index is 13.2. The largest absolute Gasteiger partial charge is 0.336 e. The van der Waals surface area contributed by atoms with Gasteiger partial charge in [-0.25, -0.2) is 0 Å². The lowest BCUT2D eigenvalue weighted by Crippen LogP contribution is -2.65. The van der Waals surface area contributed by atoms with Gasteiger partial charge in [0.05, 0.1) is 10.5 Å². The average Bonchev–Trinajstić information content (AvgIpc) is 2.70. The number of piperazine rings is 1. The van der Waals surface area contributed by atoms with Crippen molar-refractivity contribution < 1.29 is 14.5 Å². The van der Waals surface area contributed by atoms with Crippen LogP contribution in [0.15, 0.2) is 60.3 Å². The number of nitro groups is 1. The lowest BCUT2D eigenvalue weighted by molar-refractivity contribution is -0.385. The van der Waals surface area contributed by atoms with Gasteiger partial charge in [-0.1, -0.05) is 49.4 Å². The quantitative estimate of drug-likeness (QED) is 0.491. The third-order valence-electron chi connectivity index (χ3n) is 5.04. The molecule has 144 valence electrons. The van der Waals surface area contributed by atoms with Crippen molar-refractivity contribution in [1.29, 1.82) is 0 Å². The predicted molar refractivity (Wildman–Crippen MR) is 105 cm³/mol. The van der Waals surface area contributed by atoms with Gasteiger partial charge in [0.25, 0.3) is 17.5 Å². The van der Waals surface area contributed by atoms with E-state index in [0.29, 0.717) is 12.8 Å². The molecule has 2 amide bonds. The topological polar surface area (TPSA) is 92.5 Å². The summed E-state index contributed by atoms with van der Waals surface area (Å²) in [6.07, 6.45) is 2.18. The fourth-order valence-corrected chi connectivity index (χ4v) is 3.43. The van der Waals surface area contributed by atoms with Crippen molar-refractivity contribution in [2.75, 3.05) is 7.05 Å². The molecule has 0 radical (unpaired) electrons. The number of nitrogens with one attached hydrogen (secondary N) is 1. The van der Waals surface area contributed by atoms with Gasteiger partial charge < -0.3 is 10.2 Å². The Morgan fingerprint density at radius 1 is 1.11 bits per heavy atom. The maximum Gasteiger partial charge on any atom is 0.276 e. The summed E-state index contributed by atoms with van der Waals surface area (Å²) in [5.74, 6) is -0.679. The Morgan fingerprint density at radius 3 is 2.39 bits per heavy atom. The first kappa shape index (κ1) is 19.3. The molecule has 1 saturated heterocycles. The number of para-hydroxylation sites is 1. The van der Waals surface area contributed by atoms with E-state index < -0.39 is 16.4 Å². The van der Waals surface area contributed by atoms with Gasteiger partial charge in [0, 0.05) is 19.5 Å². The van der Waals surface area contributed by atoms with E-state index in [2.05, 4.69) is 5.32 Å². The second-order valence-corrected chi connectivity index (χ2v) is 6.76. The predicted octanol–water partition coefficient (Wildman–Crippen LogP) is 2.92. The van der Waals surface area contributed by atoms with E-state index in [1.165, 1.54) is 24.1 Å². The van der Waals surface area contributed by atoms with Crippen LogP contribution in [0.2, 0.25) is 0 Å². The number of nitro benzene ring substituents is 1. The van der Waals surface area contributed by atoms with Crippen molar-refractivity contribution in [3.8, 4) is 0 Å². The number of carbonyl (C=O) groups excluding carboxylic acids is 2. The molecule has 1 heterocycles. The highest BCUT2D eigenvalue weighted by Crippen LogP contribution is 2.29. The van der Waals surface area contributed by atoms with Crippen LogP contribution in [0, 0.1) is 10.1 Å². The number of amides is 2. The highest BCUT2D eigenvalue weighted by molar-refractivity contribution is 6.09. The third kappa shape index (κ3) is 3.51. The summed E-state index contributed by atoms with van der Waals surface area (Å²) in [6, 6.07) is 15.6. The van der Waals surface area contributed by atoms with Crippen LogP contribution in [-0.4, -0.2) is 34.2 Å². The van der Waals surface area contributed by atoms with Crippen LogP contribution in [-0.2, 0) is 16.0 Å². The molecule has 0 aromatic heterocycles. The number of hydrogen-bond donors (Lipinski definition) is 1. The molecule has 1 fully saturated rings. The van der Waals surface area contributed by atoms with Crippen LogP contribution in [0.3, 0.4) is 0 Å². The van der Waals surface area contributed by atoms with Crippen molar-refractivity contribution in [1.82, 2.24) is 10.2 Å². The summed E-state index contributed by atoms with van der Waals surface area (Å²) < 4.78 is 0. The van der Waals surface area contributed by atoms with Crippen molar-refractivity contribution >= 4 is 23.6 Å². The average molecular weight is 379 g/mol. The van der Waals surface area contributed by atoms with Crippen LogP contribution in [0.4, 0.5) is 5.69 Å². The summed E-state index contributed by atoms with van der Waals surface area (Å²) in [6.45, 7) is 1.85. The molecule has 1 aliphatic heterocycles. The lowest BCUT2D eigenvalue weighted by atomic mass is 9.84. The Labute approximate surface area is 162 Å². The first-order valence-electron chi connectivity index (χ1n) is 8.97. The molecule has 1 N–H and O–H groups in total. The molecule has 1 atom stereocenters. The highest BCUT2D eigenvalue weighted by atomic mass is 16.6. The molecule has 1 unspecified atom stereocenters. The number of hydrogen-bond acceptors (Lipinski definition) is 4. The fraction of sp³-hybridized carbons (Fsp3) is 0.238. The van der Waals surface area contributed by atoms with Crippen molar-refractivity contribution in [3.05, 3.63) is 81.5 Å². The maximum atomic E-state index is 13.2. The van der Waals surface area contributed by atoms with E-state index in [0.717, 1.165) is 5.56 Å². The van der Waals surface area contributed by atoms with E-state index in [9.17, 15) is 19.7 Å². The standard InChI is InChI=1S/C21H21N3O4/c1-3-21(14-15-9-5-4-6-10-15)20(26)23(2)18(19(25)22-21)13-16-11-7-8-12-17(16)24(27)28/h4-13H,3,14H2,1-2H3,(H,22,25). The van der Waals surface area contributed by atoms with Crippen molar-refractivity contribution in [2.24, 2.45) is 0 Å². The molecule has 2 aromatic carbocycles. The second kappa shape index (κ2) is 7.64. The Bertz CT molecular complexity index is 955. The van der Waals surface area contributed by atoms with Crippen molar-refractivity contribution in [3.63, 3.8) is 0 Å². The normalized spacial score (nSPS) is 20.9. The van der Waals surface area contributed by atoms with Gasteiger partial charge in [-0.2, -0.15) is 0 Å². The van der Waals surface area contributed by atoms with Crippen LogP contribution in [0.5, 0.6) is 0 Å². The summed E-state index contributed by atoms with van der Waals surface area (Å²) in [4.78, 5) is 38.1. The molecule has 3 rings (SSSR count). The smallest absolute Gasteiger partial charge is 0.276 e. The van der Waals surface area contributed by atoms with Crippen LogP contribution < -0.4 is 5.32 Å². The van der Waals surface area contributed by atoms with E-state index in [1.807, 2.05) is 37.3 Å². The van der Waals surface area contributed by atoms with E-state index >= 15 is 0 Å². The van der Waals surface area contributed by atoms with Gasteiger partial charge >= 0.3 is 0 Å². The number of benzene rings is 2. The molecule has 7 heteroatoms. The molecule has 0 bridgehead atoms. The molecular weight excluding hydrogens is 358 g/mol. The summed E-state index contributed by atoms with van der Waals surface area (Å²) in [5.41, 5.74) is 0.117. The van der Waals surface area contributed by atoms with E-state index in [1.54, 1.807) is 18.2 Å². The number of carbonyl (C=O) groups is 2. The highest BCUT2D eigenvalue weighted by Gasteiger charge is 2.46. The molecule has 28 heavy (non-hydrogen) atoms. The Balaban J connectivity index is 1.97. The molecule has 0 aliphatic carbocycles. The zero-order valence-corrected chi connectivity index (χ0v) is 15.7. The van der Waals surface area contributed by atoms with E-state index in [-0.39, 0.29) is 22.9 Å².